The third-order valence-electron chi connectivity index (χ3n) is 3.69. The largest absolute Gasteiger partial charge is 0.379 e. The normalized spacial score (nSPS) is 14.7. The highest BCUT2D eigenvalue weighted by Gasteiger charge is 2.21. The Kier molecular flexibility index (Phi) is 9.38. The average molecular weight is 452 g/mol. The van der Waals surface area contributed by atoms with E-state index in [9.17, 15) is 0 Å². The summed E-state index contributed by atoms with van der Waals surface area (Å²) in [5, 5.41) is 6.67. The molecule has 1 saturated carbocycles. The number of ether oxygens (including phenoxy) is 1. The van der Waals surface area contributed by atoms with Gasteiger partial charge in [-0.3, -0.25) is 4.99 Å². The number of rotatable bonds is 8. The monoisotopic (exact) mass is 452 g/mol. The highest BCUT2D eigenvalue weighted by molar-refractivity contribution is 14.0. The third-order valence-corrected chi connectivity index (χ3v) is 4.88. The lowest BCUT2D eigenvalue weighted by atomic mass is 10.2. The Bertz CT molecular complexity index is 488. The van der Waals surface area contributed by atoms with Crippen LogP contribution in [-0.4, -0.2) is 49.7 Å². The molecule has 1 aliphatic carbocycles. The van der Waals surface area contributed by atoms with E-state index in [2.05, 4.69) is 39.4 Å². The Labute approximate surface area is 160 Å². The van der Waals surface area contributed by atoms with E-state index in [1.165, 1.54) is 17.8 Å². The van der Waals surface area contributed by atoms with E-state index in [-0.39, 0.29) is 24.0 Å². The fraction of sp³-hybridized carbons (Fsp3) is 0.750. The fourth-order valence-electron chi connectivity index (χ4n) is 2.07. The minimum absolute atomic E-state index is 0. The summed E-state index contributed by atoms with van der Waals surface area (Å²) < 4.78 is 5.68. The number of likely N-dealkylation sites (N-methyl/N-ethyl adjacent to an activating group) is 1. The van der Waals surface area contributed by atoms with Crippen LogP contribution in [0.3, 0.4) is 0 Å². The molecule has 2 rings (SSSR count). The maximum atomic E-state index is 5.68. The van der Waals surface area contributed by atoms with E-state index in [4.69, 9.17) is 4.74 Å². The number of halogens is 1. The van der Waals surface area contributed by atoms with Crippen LogP contribution in [0.1, 0.15) is 43.3 Å². The molecular formula is C16H29IN4OS. The van der Waals surface area contributed by atoms with Crippen molar-refractivity contribution in [3.63, 3.8) is 0 Å². The number of aliphatic imine (C=N–C) groups is 1. The predicted octanol–water partition coefficient (Wildman–Crippen LogP) is 3.32. The van der Waals surface area contributed by atoms with Gasteiger partial charge in [-0.1, -0.05) is 13.8 Å². The lowest BCUT2D eigenvalue weighted by Gasteiger charge is -2.21. The number of hydrogen-bond donors (Lipinski definition) is 1. The van der Waals surface area contributed by atoms with E-state index in [0.717, 1.165) is 37.3 Å². The molecule has 132 valence electrons. The summed E-state index contributed by atoms with van der Waals surface area (Å²) in [7, 11) is 3.85. The van der Waals surface area contributed by atoms with E-state index in [1.54, 1.807) is 11.3 Å². The van der Waals surface area contributed by atoms with Gasteiger partial charge in [-0.2, -0.15) is 0 Å². The van der Waals surface area contributed by atoms with Crippen LogP contribution in [0.5, 0.6) is 0 Å². The topological polar surface area (TPSA) is 49.8 Å². The molecule has 0 unspecified atom stereocenters. The van der Waals surface area contributed by atoms with Crippen molar-refractivity contribution in [1.82, 2.24) is 15.2 Å². The molecule has 0 bridgehead atoms. The van der Waals surface area contributed by atoms with Crippen molar-refractivity contribution in [2.24, 2.45) is 10.9 Å². The van der Waals surface area contributed by atoms with E-state index in [1.807, 2.05) is 14.1 Å². The van der Waals surface area contributed by atoms with Crippen molar-refractivity contribution >= 4 is 41.3 Å². The van der Waals surface area contributed by atoms with Crippen molar-refractivity contribution in [3.05, 3.63) is 16.1 Å². The molecule has 0 aromatic carbocycles. The number of nitrogens with one attached hydrogen (secondary N) is 1. The summed E-state index contributed by atoms with van der Waals surface area (Å²) in [6, 6.07) is 0. The highest BCUT2D eigenvalue weighted by Crippen LogP contribution is 2.28. The Hall–Kier alpha value is -0.410. The molecule has 0 atom stereocenters. The van der Waals surface area contributed by atoms with Crippen molar-refractivity contribution in [3.8, 4) is 0 Å². The van der Waals surface area contributed by atoms with Crippen molar-refractivity contribution < 1.29 is 4.74 Å². The Morgan fingerprint density at radius 3 is 2.83 bits per heavy atom. The van der Waals surface area contributed by atoms with Crippen LogP contribution in [-0.2, 0) is 11.3 Å². The SMILES string of the molecule is CN=C(NCc1csc(C(C)C)n1)N(C)CCOCC1CC1.I. The summed E-state index contributed by atoms with van der Waals surface area (Å²) in [6.07, 6.45) is 2.68. The van der Waals surface area contributed by atoms with E-state index >= 15 is 0 Å². The first-order valence-corrected chi connectivity index (χ1v) is 8.92. The molecule has 1 aromatic rings. The molecule has 0 radical (unpaired) electrons. The summed E-state index contributed by atoms with van der Waals surface area (Å²) in [6.45, 7) is 7.57. The number of thiazole rings is 1. The summed E-state index contributed by atoms with van der Waals surface area (Å²) >= 11 is 1.73. The Morgan fingerprint density at radius 1 is 1.52 bits per heavy atom. The van der Waals surface area contributed by atoms with Gasteiger partial charge in [0.25, 0.3) is 0 Å². The molecule has 0 spiro atoms. The molecule has 23 heavy (non-hydrogen) atoms. The van der Waals surface area contributed by atoms with Gasteiger partial charge in [0.1, 0.15) is 0 Å². The molecule has 1 aliphatic rings. The third kappa shape index (κ3) is 7.34. The first kappa shape index (κ1) is 20.6. The van der Waals surface area contributed by atoms with Crippen LogP contribution in [0.15, 0.2) is 10.4 Å². The van der Waals surface area contributed by atoms with Gasteiger partial charge in [0.15, 0.2) is 5.96 Å². The van der Waals surface area contributed by atoms with Crippen LogP contribution in [0.2, 0.25) is 0 Å². The Morgan fingerprint density at radius 2 is 2.26 bits per heavy atom. The zero-order valence-corrected chi connectivity index (χ0v) is 17.7. The maximum Gasteiger partial charge on any atom is 0.193 e. The molecule has 0 aliphatic heterocycles. The summed E-state index contributed by atoms with van der Waals surface area (Å²) in [5.41, 5.74) is 1.08. The maximum absolute atomic E-state index is 5.68. The van der Waals surface area contributed by atoms with Crippen LogP contribution >= 0.6 is 35.3 Å². The molecule has 1 N–H and O–H groups in total. The summed E-state index contributed by atoms with van der Waals surface area (Å²) in [4.78, 5) is 11.1. The van der Waals surface area contributed by atoms with E-state index < -0.39 is 0 Å². The first-order chi connectivity index (χ1) is 10.6. The molecule has 1 aromatic heterocycles. The van der Waals surface area contributed by atoms with Gasteiger partial charge in [-0.15, -0.1) is 35.3 Å². The van der Waals surface area contributed by atoms with Gasteiger partial charge in [0, 0.05) is 38.5 Å². The van der Waals surface area contributed by atoms with Gasteiger partial charge < -0.3 is 15.0 Å². The minimum atomic E-state index is 0. The lowest BCUT2D eigenvalue weighted by Crippen LogP contribution is -2.40. The zero-order valence-electron chi connectivity index (χ0n) is 14.5. The number of hydrogen-bond acceptors (Lipinski definition) is 4. The average Bonchev–Trinajstić information content (AvgIpc) is 3.19. The van der Waals surface area contributed by atoms with E-state index in [0.29, 0.717) is 12.5 Å². The first-order valence-electron chi connectivity index (χ1n) is 8.04. The van der Waals surface area contributed by atoms with Crippen molar-refractivity contribution in [1.29, 1.82) is 0 Å². The second-order valence-electron chi connectivity index (χ2n) is 6.17. The standard InChI is InChI=1S/C16H28N4OS.HI/c1-12(2)15-19-14(11-22-15)9-18-16(17-3)20(4)7-8-21-10-13-5-6-13;/h11-13H,5-10H2,1-4H3,(H,17,18);1H. The predicted molar refractivity (Wildman–Crippen MR) is 108 cm³/mol. The van der Waals surface area contributed by atoms with Crippen LogP contribution < -0.4 is 5.32 Å². The number of nitrogens with zero attached hydrogens (tertiary/aromatic N) is 3. The zero-order chi connectivity index (χ0) is 15.9. The van der Waals surface area contributed by atoms with Crippen LogP contribution in [0.25, 0.3) is 0 Å². The molecular weight excluding hydrogens is 423 g/mol. The summed E-state index contributed by atoms with van der Waals surface area (Å²) in [5.74, 6) is 2.20. The highest BCUT2D eigenvalue weighted by atomic mass is 127. The lowest BCUT2D eigenvalue weighted by molar-refractivity contribution is 0.115. The second-order valence-corrected chi connectivity index (χ2v) is 7.06. The smallest absolute Gasteiger partial charge is 0.193 e. The van der Waals surface area contributed by atoms with Crippen molar-refractivity contribution in [2.45, 2.75) is 39.2 Å². The minimum Gasteiger partial charge on any atom is -0.379 e. The van der Waals surface area contributed by atoms with Gasteiger partial charge >= 0.3 is 0 Å². The molecule has 0 saturated heterocycles. The van der Waals surface area contributed by atoms with Crippen molar-refractivity contribution in [2.75, 3.05) is 33.9 Å². The van der Waals surface area contributed by atoms with Crippen LogP contribution in [0, 0.1) is 5.92 Å². The molecule has 1 heterocycles. The molecule has 7 heteroatoms. The molecule has 0 amide bonds. The fourth-order valence-corrected chi connectivity index (χ4v) is 2.90. The quantitative estimate of drug-likeness (QED) is 0.285. The molecule has 1 fully saturated rings. The second kappa shape index (κ2) is 10.5. The van der Waals surface area contributed by atoms with Gasteiger partial charge in [0.2, 0.25) is 0 Å². The van der Waals surface area contributed by atoms with Gasteiger partial charge in [0.05, 0.1) is 23.9 Å². The molecule has 5 nitrogen and oxygen atoms in total. The Balaban J connectivity index is 0.00000264. The van der Waals surface area contributed by atoms with Gasteiger partial charge in [-0.25, -0.2) is 4.98 Å². The van der Waals surface area contributed by atoms with Crippen LogP contribution in [0.4, 0.5) is 0 Å². The number of aromatic nitrogens is 1. The number of guanidine groups is 1. The van der Waals surface area contributed by atoms with Gasteiger partial charge in [-0.05, 0) is 18.8 Å².